The first kappa shape index (κ1) is 15.9. The molecule has 0 aliphatic rings. The molecule has 1 atom stereocenters. The van der Waals surface area contributed by atoms with Crippen molar-refractivity contribution in [3.05, 3.63) is 0 Å². The zero-order valence-electron chi connectivity index (χ0n) is 10.9. The average Bonchev–Trinajstić information content (AvgIpc) is 2.24. The molecule has 0 spiro atoms. The Morgan fingerprint density at radius 2 is 1.88 bits per heavy atom. The van der Waals surface area contributed by atoms with Gasteiger partial charge >= 0.3 is 0 Å². The second kappa shape index (κ2) is 6.57. The van der Waals surface area contributed by atoms with Crippen molar-refractivity contribution in [2.45, 2.75) is 53.0 Å². The molecule has 4 nitrogen and oxygen atoms in total. The van der Waals surface area contributed by atoms with Crippen LogP contribution in [0.5, 0.6) is 0 Å². The summed E-state index contributed by atoms with van der Waals surface area (Å²) >= 11 is 0. The van der Waals surface area contributed by atoms with Gasteiger partial charge in [0.1, 0.15) is 9.84 Å². The number of hydrogen-bond acceptors (Lipinski definition) is 4. The van der Waals surface area contributed by atoms with E-state index in [4.69, 9.17) is 5.84 Å². The Bertz CT molecular complexity index is 286. The van der Waals surface area contributed by atoms with Gasteiger partial charge in [0.2, 0.25) is 0 Å². The maximum absolute atomic E-state index is 11.3. The average molecular weight is 250 g/mol. The van der Waals surface area contributed by atoms with Gasteiger partial charge in [-0.1, -0.05) is 27.7 Å². The molecule has 0 aliphatic carbocycles. The Labute approximate surface area is 99.9 Å². The van der Waals surface area contributed by atoms with Gasteiger partial charge in [0.05, 0.1) is 5.75 Å². The third kappa shape index (κ3) is 5.27. The van der Waals surface area contributed by atoms with Gasteiger partial charge in [-0.05, 0) is 24.7 Å². The van der Waals surface area contributed by atoms with Crippen molar-refractivity contribution in [3.63, 3.8) is 0 Å². The SMILES string of the molecule is CCC(C)(C)C(CCCS(=O)(=O)CC)NN. The van der Waals surface area contributed by atoms with Crippen LogP contribution in [0.25, 0.3) is 0 Å². The first-order chi connectivity index (χ1) is 7.29. The highest BCUT2D eigenvalue weighted by Crippen LogP contribution is 2.27. The third-order valence-corrected chi connectivity index (χ3v) is 5.23. The number of hydrazine groups is 1. The molecule has 1 unspecified atom stereocenters. The summed E-state index contributed by atoms with van der Waals surface area (Å²) in [5, 5.41) is 0. The fourth-order valence-corrected chi connectivity index (χ4v) is 2.49. The van der Waals surface area contributed by atoms with E-state index in [0.717, 1.165) is 12.8 Å². The van der Waals surface area contributed by atoms with E-state index >= 15 is 0 Å². The Morgan fingerprint density at radius 3 is 2.25 bits per heavy atom. The smallest absolute Gasteiger partial charge is 0.150 e. The van der Waals surface area contributed by atoms with Crippen LogP contribution in [0, 0.1) is 5.41 Å². The monoisotopic (exact) mass is 250 g/mol. The summed E-state index contributed by atoms with van der Waals surface area (Å²) in [4.78, 5) is 0. The van der Waals surface area contributed by atoms with E-state index < -0.39 is 9.84 Å². The molecule has 0 amide bonds. The molecule has 5 heteroatoms. The molecule has 0 fully saturated rings. The lowest BCUT2D eigenvalue weighted by Crippen LogP contribution is -2.45. The van der Waals surface area contributed by atoms with Gasteiger partial charge in [0, 0.05) is 11.8 Å². The maximum Gasteiger partial charge on any atom is 0.150 e. The van der Waals surface area contributed by atoms with E-state index in [2.05, 4.69) is 26.2 Å². The van der Waals surface area contributed by atoms with E-state index in [-0.39, 0.29) is 23.0 Å². The lowest BCUT2D eigenvalue weighted by molar-refractivity contribution is 0.220. The van der Waals surface area contributed by atoms with Crippen LogP contribution in [0.3, 0.4) is 0 Å². The lowest BCUT2D eigenvalue weighted by atomic mass is 9.80. The summed E-state index contributed by atoms with van der Waals surface area (Å²) in [6.45, 7) is 8.09. The Morgan fingerprint density at radius 1 is 1.31 bits per heavy atom. The normalized spacial score (nSPS) is 15.1. The van der Waals surface area contributed by atoms with Gasteiger partial charge in [-0.15, -0.1) is 0 Å². The van der Waals surface area contributed by atoms with Crippen LogP contribution in [0.4, 0.5) is 0 Å². The van der Waals surface area contributed by atoms with Crippen LogP contribution >= 0.6 is 0 Å². The van der Waals surface area contributed by atoms with Crippen molar-refractivity contribution in [1.82, 2.24) is 5.43 Å². The van der Waals surface area contributed by atoms with Crippen molar-refractivity contribution < 1.29 is 8.42 Å². The molecule has 98 valence electrons. The van der Waals surface area contributed by atoms with Crippen molar-refractivity contribution in [2.75, 3.05) is 11.5 Å². The minimum atomic E-state index is -2.84. The molecule has 3 N–H and O–H groups in total. The zero-order valence-corrected chi connectivity index (χ0v) is 11.7. The Kier molecular flexibility index (Phi) is 6.51. The maximum atomic E-state index is 11.3. The minimum absolute atomic E-state index is 0.102. The van der Waals surface area contributed by atoms with Crippen LogP contribution in [0.2, 0.25) is 0 Å². The summed E-state index contributed by atoms with van der Waals surface area (Å²) in [6.07, 6.45) is 2.49. The highest BCUT2D eigenvalue weighted by molar-refractivity contribution is 7.91. The molecule has 0 aromatic rings. The quantitative estimate of drug-likeness (QED) is 0.505. The molecule has 0 bridgehead atoms. The van der Waals surface area contributed by atoms with Gasteiger partial charge in [-0.25, -0.2) is 8.42 Å². The van der Waals surface area contributed by atoms with Crippen molar-refractivity contribution in [1.29, 1.82) is 0 Å². The summed E-state index contributed by atoms with van der Waals surface area (Å²) < 4.78 is 22.7. The van der Waals surface area contributed by atoms with Gasteiger partial charge in [-0.3, -0.25) is 11.3 Å². The fourth-order valence-electron chi connectivity index (χ4n) is 1.60. The molecule has 16 heavy (non-hydrogen) atoms. The molecular formula is C11H26N2O2S. The van der Waals surface area contributed by atoms with Crippen LogP contribution in [-0.4, -0.2) is 26.0 Å². The fraction of sp³-hybridized carbons (Fsp3) is 1.00. The van der Waals surface area contributed by atoms with Crippen LogP contribution in [0.1, 0.15) is 47.0 Å². The van der Waals surface area contributed by atoms with Gasteiger partial charge < -0.3 is 0 Å². The number of nitrogens with one attached hydrogen (secondary N) is 1. The highest BCUT2D eigenvalue weighted by Gasteiger charge is 2.26. The van der Waals surface area contributed by atoms with Crippen LogP contribution in [0.15, 0.2) is 0 Å². The standard InChI is InChI=1S/C11H26N2O2S/c1-5-11(3,4)10(13-12)8-7-9-16(14,15)6-2/h10,13H,5-9,12H2,1-4H3. The number of sulfone groups is 1. The van der Waals surface area contributed by atoms with Gasteiger partial charge in [-0.2, -0.15) is 0 Å². The molecule has 0 aliphatic heterocycles. The topological polar surface area (TPSA) is 72.2 Å². The molecule has 0 saturated carbocycles. The number of hydrogen-bond donors (Lipinski definition) is 2. The van der Waals surface area contributed by atoms with Crippen molar-refractivity contribution in [3.8, 4) is 0 Å². The molecule has 0 aromatic heterocycles. The van der Waals surface area contributed by atoms with E-state index in [1.165, 1.54) is 0 Å². The summed E-state index contributed by atoms with van der Waals surface area (Å²) in [5.41, 5.74) is 2.90. The molecule has 0 aromatic carbocycles. The minimum Gasteiger partial charge on any atom is -0.271 e. The van der Waals surface area contributed by atoms with E-state index in [1.54, 1.807) is 6.92 Å². The van der Waals surface area contributed by atoms with E-state index in [9.17, 15) is 8.42 Å². The predicted octanol–water partition coefficient (Wildman–Crippen LogP) is 1.47. The zero-order chi connectivity index (χ0) is 12.8. The largest absolute Gasteiger partial charge is 0.271 e. The van der Waals surface area contributed by atoms with Gasteiger partial charge in [0.15, 0.2) is 0 Å². The summed E-state index contributed by atoms with van der Waals surface area (Å²) in [7, 11) is -2.84. The van der Waals surface area contributed by atoms with Gasteiger partial charge in [0.25, 0.3) is 0 Å². The van der Waals surface area contributed by atoms with Crippen molar-refractivity contribution in [2.24, 2.45) is 11.3 Å². The van der Waals surface area contributed by atoms with Crippen LogP contribution < -0.4 is 11.3 Å². The molecule has 0 heterocycles. The lowest BCUT2D eigenvalue weighted by Gasteiger charge is -2.33. The Hall–Kier alpha value is -0.130. The molecule has 0 radical (unpaired) electrons. The number of nitrogens with two attached hydrogens (primary N) is 1. The first-order valence-corrected chi connectivity index (χ1v) is 7.77. The third-order valence-electron chi connectivity index (χ3n) is 3.44. The van der Waals surface area contributed by atoms with Crippen molar-refractivity contribution >= 4 is 9.84 Å². The van der Waals surface area contributed by atoms with E-state index in [1.807, 2.05) is 0 Å². The molecular weight excluding hydrogens is 224 g/mol. The second-order valence-electron chi connectivity index (χ2n) is 4.94. The summed E-state index contributed by atoms with van der Waals surface area (Å²) in [6, 6.07) is 0.171. The number of rotatable bonds is 8. The second-order valence-corrected chi connectivity index (χ2v) is 7.41. The van der Waals surface area contributed by atoms with Crippen LogP contribution in [-0.2, 0) is 9.84 Å². The molecule has 0 rings (SSSR count). The highest BCUT2D eigenvalue weighted by atomic mass is 32.2. The first-order valence-electron chi connectivity index (χ1n) is 5.95. The Balaban J connectivity index is 4.18. The molecule has 0 saturated heterocycles. The summed E-state index contributed by atoms with van der Waals surface area (Å²) in [5.74, 6) is 6.01. The van der Waals surface area contributed by atoms with E-state index in [0.29, 0.717) is 6.42 Å². The predicted molar refractivity (Wildman–Crippen MR) is 68.7 cm³/mol.